The second-order valence-electron chi connectivity index (χ2n) is 3.85. The van der Waals surface area contributed by atoms with Crippen molar-refractivity contribution in [2.45, 2.75) is 18.7 Å². The molecule has 0 aliphatic rings. The first-order valence-electron chi connectivity index (χ1n) is 5.41. The van der Waals surface area contributed by atoms with Gasteiger partial charge in [-0.3, -0.25) is 4.79 Å². The van der Waals surface area contributed by atoms with E-state index in [1.807, 2.05) is 0 Å². The molecule has 0 bridgehead atoms. The normalized spacial score (nSPS) is 11.9. The van der Waals surface area contributed by atoms with Gasteiger partial charge in [0.1, 0.15) is 6.04 Å². The lowest BCUT2D eigenvalue weighted by Crippen LogP contribution is -2.41. The number of nitrogens with one attached hydrogen (secondary N) is 1. The minimum atomic E-state index is -1.13. The first-order chi connectivity index (χ1) is 8.90. The van der Waals surface area contributed by atoms with Crippen molar-refractivity contribution in [3.8, 4) is 0 Å². The number of aliphatic carboxylic acids is 1. The number of carboxylic acids is 1. The molecule has 19 heavy (non-hydrogen) atoms. The minimum Gasteiger partial charge on any atom is -0.480 e. The molecule has 1 aromatic rings. The molecule has 0 radical (unpaired) electrons. The van der Waals surface area contributed by atoms with Gasteiger partial charge in [-0.2, -0.15) is 11.8 Å². The van der Waals surface area contributed by atoms with Crippen LogP contribution in [0.1, 0.15) is 12.5 Å². The van der Waals surface area contributed by atoms with Crippen molar-refractivity contribution in [1.82, 2.24) is 5.32 Å². The van der Waals surface area contributed by atoms with E-state index in [1.54, 1.807) is 0 Å². The molecule has 1 atom stereocenters. The van der Waals surface area contributed by atoms with Crippen LogP contribution in [0, 0.1) is 11.6 Å². The van der Waals surface area contributed by atoms with E-state index >= 15 is 0 Å². The summed E-state index contributed by atoms with van der Waals surface area (Å²) in [6.07, 6.45) is 0. The molecule has 1 rings (SSSR count). The van der Waals surface area contributed by atoms with Crippen molar-refractivity contribution in [2.24, 2.45) is 0 Å². The van der Waals surface area contributed by atoms with Crippen LogP contribution in [-0.2, 0) is 15.3 Å². The van der Waals surface area contributed by atoms with Crippen molar-refractivity contribution in [2.75, 3.05) is 5.75 Å². The molecule has 0 aliphatic carbocycles. The van der Waals surface area contributed by atoms with E-state index < -0.39 is 29.6 Å². The van der Waals surface area contributed by atoms with E-state index in [9.17, 15) is 18.4 Å². The van der Waals surface area contributed by atoms with E-state index in [0.29, 0.717) is 11.3 Å². The number of halogens is 2. The van der Waals surface area contributed by atoms with E-state index in [-0.39, 0.29) is 5.75 Å². The van der Waals surface area contributed by atoms with Gasteiger partial charge in [0, 0.05) is 18.4 Å². The SMILES string of the molecule is CC(=O)NC(CSCc1ccc(F)c(F)c1)C(=O)O. The molecule has 1 unspecified atom stereocenters. The molecule has 2 N–H and O–H groups in total. The van der Waals surface area contributed by atoms with Gasteiger partial charge in [0.15, 0.2) is 11.6 Å². The molecule has 0 saturated heterocycles. The predicted molar refractivity (Wildman–Crippen MR) is 67.8 cm³/mol. The Kier molecular flexibility index (Phi) is 5.75. The zero-order chi connectivity index (χ0) is 14.4. The maximum Gasteiger partial charge on any atom is 0.327 e. The Morgan fingerprint density at radius 1 is 1.37 bits per heavy atom. The van der Waals surface area contributed by atoms with Gasteiger partial charge in [-0.05, 0) is 17.7 Å². The molecular formula is C12H13F2NO3S. The highest BCUT2D eigenvalue weighted by molar-refractivity contribution is 7.98. The molecule has 0 fully saturated rings. The summed E-state index contributed by atoms with van der Waals surface area (Å²) in [6.45, 7) is 1.23. The Balaban J connectivity index is 2.49. The molecule has 1 aromatic carbocycles. The summed E-state index contributed by atoms with van der Waals surface area (Å²) in [5.74, 6) is -2.94. The van der Waals surface area contributed by atoms with Crippen LogP contribution >= 0.6 is 11.8 Å². The van der Waals surface area contributed by atoms with E-state index in [4.69, 9.17) is 5.11 Å². The monoisotopic (exact) mass is 289 g/mol. The molecule has 104 valence electrons. The molecule has 0 heterocycles. The molecule has 0 aromatic heterocycles. The molecule has 0 saturated carbocycles. The highest BCUT2D eigenvalue weighted by Gasteiger charge is 2.18. The maximum absolute atomic E-state index is 12.9. The van der Waals surface area contributed by atoms with Crippen molar-refractivity contribution in [1.29, 1.82) is 0 Å². The Labute approximate surface area is 113 Å². The minimum absolute atomic E-state index is 0.147. The number of benzene rings is 1. The summed E-state index contributed by atoms with van der Waals surface area (Å²) in [4.78, 5) is 21.6. The Bertz CT molecular complexity index is 482. The molecular weight excluding hydrogens is 276 g/mol. The molecule has 0 spiro atoms. The first kappa shape index (κ1) is 15.4. The van der Waals surface area contributed by atoms with Crippen LogP contribution in [0.4, 0.5) is 8.78 Å². The van der Waals surface area contributed by atoms with Crippen LogP contribution in [0.3, 0.4) is 0 Å². The van der Waals surface area contributed by atoms with Crippen LogP contribution in [0.5, 0.6) is 0 Å². The second kappa shape index (κ2) is 7.08. The summed E-state index contributed by atoms with van der Waals surface area (Å²) in [6, 6.07) is 2.52. The van der Waals surface area contributed by atoms with Gasteiger partial charge in [0.25, 0.3) is 0 Å². The third-order valence-corrected chi connectivity index (χ3v) is 3.32. The van der Waals surface area contributed by atoms with Gasteiger partial charge in [0.05, 0.1) is 0 Å². The number of carboxylic acid groups (broad SMARTS) is 1. The van der Waals surface area contributed by atoms with Crippen molar-refractivity contribution in [3.63, 3.8) is 0 Å². The molecule has 4 nitrogen and oxygen atoms in total. The van der Waals surface area contributed by atoms with Gasteiger partial charge < -0.3 is 10.4 Å². The average Bonchev–Trinajstić information content (AvgIpc) is 2.31. The number of hydrogen-bond donors (Lipinski definition) is 2. The quantitative estimate of drug-likeness (QED) is 0.838. The van der Waals surface area contributed by atoms with Crippen LogP contribution < -0.4 is 5.32 Å². The summed E-state index contributed by atoms with van der Waals surface area (Å²) in [5, 5.41) is 11.2. The number of rotatable bonds is 6. The average molecular weight is 289 g/mol. The highest BCUT2D eigenvalue weighted by Crippen LogP contribution is 2.16. The summed E-state index contributed by atoms with van der Waals surface area (Å²) >= 11 is 1.21. The van der Waals surface area contributed by atoms with Crippen molar-refractivity contribution in [3.05, 3.63) is 35.4 Å². The number of hydrogen-bond acceptors (Lipinski definition) is 3. The second-order valence-corrected chi connectivity index (χ2v) is 4.89. The number of carbonyl (C=O) groups is 2. The lowest BCUT2D eigenvalue weighted by molar-refractivity contribution is -0.140. The molecule has 1 amide bonds. The maximum atomic E-state index is 12.9. The summed E-state index contributed by atoms with van der Waals surface area (Å²) in [5.41, 5.74) is 0.552. The van der Waals surface area contributed by atoms with Crippen molar-refractivity contribution < 1.29 is 23.5 Å². The zero-order valence-electron chi connectivity index (χ0n) is 10.2. The van der Waals surface area contributed by atoms with Gasteiger partial charge in [-0.1, -0.05) is 6.07 Å². The fraction of sp³-hybridized carbons (Fsp3) is 0.333. The number of carbonyl (C=O) groups excluding carboxylic acids is 1. The fourth-order valence-electron chi connectivity index (χ4n) is 1.34. The third-order valence-electron chi connectivity index (χ3n) is 2.21. The fourth-order valence-corrected chi connectivity index (χ4v) is 2.34. The van der Waals surface area contributed by atoms with Gasteiger partial charge in [0.2, 0.25) is 5.91 Å². The number of amides is 1. The van der Waals surface area contributed by atoms with E-state index in [1.165, 1.54) is 24.8 Å². The van der Waals surface area contributed by atoms with Crippen molar-refractivity contribution >= 4 is 23.6 Å². The third kappa shape index (κ3) is 5.25. The molecule has 7 heteroatoms. The topological polar surface area (TPSA) is 66.4 Å². The summed E-state index contributed by atoms with van der Waals surface area (Å²) in [7, 11) is 0. The lowest BCUT2D eigenvalue weighted by atomic mass is 10.2. The van der Waals surface area contributed by atoms with Gasteiger partial charge >= 0.3 is 5.97 Å². The van der Waals surface area contributed by atoms with Crippen LogP contribution in [0.15, 0.2) is 18.2 Å². The Morgan fingerprint density at radius 3 is 2.58 bits per heavy atom. The standard InChI is InChI=1S/C12H13F2NO3S/c1-7(16)15-11(12(17)18)6-19-5-8-2-3-9(13)10(14)4-8/h2-4,11H,5-6H2,1H3,(H,15,16)(H,17,18). The first-order valence-corrected chi connectivity index (χ1v) is 6.57. The largest absolute Gasteiger partial charge is 0.480 e. The van der Waals surface area contributed by atoms with Crippen LogP contribution in [-0.4, -0.2) is 28.8 Å². The number of thioether (sulfide) groups is 1. The van der Waals surface area contributed by atoms with E-state index in [2.05, 4.69) is 5.32 Å². The Morgan fingerprint density at radius 2 is 2.05 bits per heavy atom. The van der Waals surface area contributed by atoms with Crippen LogP contribution in [0.2, 0.25) is 0 Å². The highest BCUT2D eigenvalue weighted by atomic mass is 32.2. The molecule has 0 aliphatic heterocycles. The van der Waals surface area contributed by atoms with Crippen LogP contribution in [0.25, 0.3) is 0 Å². The van der Waals surface area contributed by atoms with E-state index in [0.717, 1.165) is 12.1 Å². The predicted octanol–water partition coefficient (Wildman–Crippen LogP) is 1.79. The van der Waals surface area contributed by atoms with Gasteiger partial charge in [-0.25, -0.2) is 13.6 Å². The zero-order valence-corrected chi connectivity index (χ0v) is 11.0. The summed E-state index contributed by atoms with van der Waals surface area (Å²) < 4.78 is 25.6. The lowest BCUT2D eigenvalue weighted by Gasteiger charge is -2.12. The van der Waals surface area contributed by atoms with Gasteiger partial charge in [-0.15, -0.1) is 0 Å². The Hall–Kier alpha value is -1.63. The smallest absolute Gasteiger partial charge is 0.327 e.